The normalized spacial score (nSPS) is 18.0. The molecule has 0 N–H and O–H groups in total. The average molecular weight is 333 g/mol. The van der Waals surface area contributed by atoms with Crippen LogP contribution in [0.4, 0.5) is 5.82 Å². The molecule has 3 rings (SSSR count). The van der Waals surface area contributed by atoms with Gasteiger partial charge in [0.15, 0.2) is 5.82 Å². The van der Waals surface area contributed by atoms with Gasteiger partial charge in [-0.2, -0.15) is 0 Å². The van der Waals surface area contributed by atoms with Gasteiger partial charge in [0, 0.05) is 37.8 Å². The Morgan fingerprint density at radius 1 is 1.43 bits per heavy atom. The van der Waals surface area contributed by atoms with E-state index in [-0.39, 0.29) is 11.9 Å². The Morgan fingerprint density at radius 2 is 2.26 bits per heavy atom. The van der Waals surface area contributed by atoms with Crippen molar-refractivity contribution >= 4 is 23.1 Å². The van der Waals surface area contributed by atoms with Crippen molar-refractivity contribution in [3.63, 3.8) is 0 Å². The Hall–Kier alpha value is -2.06. The highest BCUT2D eigenvalue weighted by Gasteiger charge is 2.32. The summed E-state index contributed by atoms with van der Waals surface area (Å²) in [6, 6.07) is 1.62. The zero-order valence-electron chi connectivity index (χ0n) is 13.4. The van der Waals surface area contributed by atoms with Crippen LogP contribution in [0.1, 0.15) is 28.0 Å². The van der Waals surface area contributed by atoms with Gasteiger partial charge in [-0.05, 0) is 6.92 Å². The lowest BCUT2D eigenvalue weighted by Gasteiger charge is -2.34. The van der Waals surface area contributed by atoms with Crippen molar-refractivity contribution in [3.8, 4) is 0 Å². The van der Waals surface area contributed by atoms with E-state index in [1.807, 2.05) is 32.0 Å². The van der Waals surface area contributed by atoms with Gasteiger partial charge in [0.1, 0.15) is 17.6 Å². The third kappa shape index (κ3) is 3.32. The van der Waals surface area contributed by atoms with Crippen LogP contribution in [-0.4, -0.2) is 59.6 Å². The van der Waals surface area contributed by atoms with Gasteiger partial charge >= 0.3 is 0 Å². The number of thiazole rings is 1. The molecule has 1 saturated heterocycles. The molecule has 1 amide bonds. The number of morpholine rings is 1. The zero-order valence-corrected chi connectivity index (χ0v) is 14.2. The monoisotopic (exact) mass is 333 g/mol. The third-order valence-corrected chi connectivity index (χ3v) is 4.24. The van der Waals surface area contributed by atoms with Crippen LogP contribution in [0.15, 0.2) is 17.0 Å². The van der Waals surface area contributed by atoms with Crippen LogP contribution in [0.3, 0.4) is 0 Å². The lowest BCUT2D eigenvalue weighted by atomic mass is 10.2. The van der Waals surface area contributed by atoms with Gasteiger partial charge in [0.25, 0.3) is 5.91 Å². The van der Waals surface area contributed by atoms with Crippen LogP contribution in [0.2, 0.25) is 0 Å². The molecule has 1 aliphatic heterocycles. The van der Waals surface area contributed by atoms with Crippen LogP contribution >= 0.6 is 11.3 Å². The van der Waals surface area contributed by atoms with E-state index in [9.17, 15) is 4.79 Å². The molecular formula is C15H19N5O2S. The molecule has 0 saturated carbocycles. The molecule has 0 radical (unpaired) electrons. The van der Waals surface area contributed by atoms with Crippen molar-refractivity contribution in [3.05, 3.63) is 34.2 Å². The maximum absolute atomic E-state index is 12.7. The quantitative estimate of drug-likeness (QED) is 0.848. The first-order valence-electron chi connectivity index (χ1n) is 7.36. The number of carbonyl (C=O) groups excluding carboxylic acids is 1. The van der Waals surface area contributed by atoms with E-state index in [4.69, 9.17) is 4.74 Å². The van der Waals surface area contributed by atoms with E-state index in [2.05, 4.69) is 15.0 Å². The smallest absolute Gasteiger partial charge is 0.274 e. The van der Waals surface area contributed by atoms with Gasteiger partial charge < -0.3 is 14.5 Å². The molecule has 0 spiro atoms. The van der Waals surface area contributed by atoms with Crippen molar-refractivity contribution < 1.29 is 9.53 Å². The van der Waals surface area contributed by atoms with Crippen LogP contribution in [0.5, 0.6) is 0 Å². The first-order chi connectivity index (χ1) is 11.1. The molecule has 7 nitrogen and oxygen atoms in total. The topological polar surface area (TPSA) is 71.5 Å². The SMILES string of the molecule is Cc1cc(N(C)C)nc(C2COCCN2C(=O)c2cscn2)n1. The van der Waals surface area contributed by atoms with Gasteiger partial charge in [-0.1, -0.05) is 0 Å². The Kier molecular flexibility index (Phi) is 4.53. The Morgan fingerprint density at radius 3 is 2.96 bits per heavy atom. The van der Waals surface area contributed by atoms with Crippen LogP contribution < -0.4 is 4.90 Å². The van der Waals surface area contributed by atoms with Gasteiger partial charge in [0.05, 0.1) is 18.7 Å². The highest BCUT2D eigenvalue weighted by molar-refractivity contribution is 7.07. The van der Waals surface area contributed by atoms with Gasteiger partial charge in [-0.3, -0.25) is 4.79 Å². The van der Waals surface area contributed by atoms with Gasteiger partial charge in [0.2, 0.25) is 0 Å². The predicted molar refractivity (Wildman–Crippen MR) is 87.8 cm³/mol. The molecule has 0 aromatic carbocycles. The highest BCUT2D eigenvalue weighted by atomic mass is 32.1. The molecule has 23 heavy (non-hydrogen) atoms. The summed E-state index contributed by atoms with van der Waals surface area (Å²) < 4.78 is 5.57. The summed E-state index contributed by atoms with van der Waals surface area (Å²) >= 11 is 1.41. The summed E-state index contributed by atoms with van der Waals surface area (Å²) in [6.45, 7) is 3.34. The molecule has 2 aromatic heterocycles. The van der Waals surface area contributed by atoms with Crippen molar-refractivity contribution in [2.45, 2.75) is 13.0 Å². The van der Waals surface area contributed by atoms with E-state index < -0.39 is 0 Å². The number of ether oxygens (including phenoxy) is 1. The van der Waals surface area contributed by atoms with Gasteiger partial charge in [-0.15, -0.1) is 11.3 Å². The fraction of sp³-hybridized carbons (Fsp3) is 0.467. The average Bonchev–Trinajstić information content (AvgIpc) is 3.08. The highest BCUT2D eigenvalue weighted by Crippen LogP contribution is 2.25. The standard InChI is InChI=1S/C15H19N5O2S/c1-10-6-13(19(2)3)18-14(17-10)12-7-22-5-4-20(12)15(21)11-8-23-9-16-11/h6,8-9,12H,4-5,7H2,1-3H3. The summed E-state index contributed by atoms with van der Waals surface area (Å²) in [5.74, 6) is 1.33. The maximum Gasteiger partial charge on any atom is 0.274 e. The molecule has 1 aliphatic rings. The summed E-state index contributed by atoms with van der Waals surface area (Å²) in [4.78, 5) is 29.6. The summed E-state index contributed by atoms with van der Waals surface area (Å²) in [7, 11) is 3.86. The van der Waals surface area contributed by atoms with Crippen LogP contribution in [0.25, 0.3) is 0 Å². The second-order valence-corrected chi connectivity index (χ2v) is 6.30. The van der Waals surface area contributed by atoms with Gasteiger partial charge in [-0.25, -0.2) is 15.0 Å². The number of anilines is 1. The number of carbonyl (C=O) groups is 1. The Labute approximate surface area is 138 Å². The minimum Gasteiger partial charge on any atom is -0.377 e. The van der Waals surface area contributed by atoms with E-state index in [0.717, 1.165) is 11.5 Å². The molecule has 1 unspecified atom stereocenters. The molecule has 1 fully saturated rings. The predicted octanol–water partition coefficient (Wildman–Crippen LogP) is 1.52. The number of rotatable bonds is 3. The number of hydrogen-bond donors (Lipinski definition) is 0. The third-order valence-electron chi connectivity index (χ3n) is 3.66. The minimum absolute atomic E-state index is 0.101. The summed E-state index contributed by atoms with van der Waals surface area (Å²) in [5, 5.41) is 1.76. The lowest BCUT2D eigenvalue weighted by Crippen LogP contribution is -2.44. The molecular weight excluding hydrogens is 314 g/mol. The maximum atomic E-state index is 12.7. The van der Waals surface area contributed by atoms with Crippen molar-refractivity contribution in [2.24, 2.45) is 0 Å². The molecule has 1 atom stereocenters. The second-order valence-electron chi connectivity index (χ2n) is 5.58. The van der Waals surface area contributed by atoms with Crippen molar-refractivity contribution in [2.75, 3.05) is 38.8 Å². The molecule has 8 heteroatoms. The first kappa shape index (κ1) is 15.8. The summed E-state index contributed by atoms with van der Waals surface area (Å²) in [6.07, 6.45) is 0. The zero-order chi connectivity index (χ0) is 16.4. The lowest BCUT2D eigenvalue weighted by molar-refractivity contribution is -0.00550. The number of hydrogen-bond acceptors (Lipinski definition) is 7. The second kappa shape index (κ2) is 6.59. The fourth-order valence-corrected chi connectivity index (χ4v) is 3.00. The number of aryl methyl sites for hydroxylation is 1. The Bertz CT molecular complexity index is 689. The van der Waals surface area contributed by atoms with E-state index >= 15 is 0 Å². The van der Waals surface area contributed by atoms with Crippen molar-refractivity contribution in [1.82, 2.24) is 19.9 Å². The molecule has 122 valence electrons. The number of nitrogens with zero attached hydrogens (tertiary/aromatic N) is 5. The molecule has 0 bridgehead atoms. The van der Waals surface area contributed by atoms with E-state index in [1.54, 1.807) is 15.8 Å². The fourth-order valence-electron chi connectivity index (χ4n) is 2.48. The number of amides is 1. The number of aromatic nitrogens is 3. The van der Waals surface area contributed by atoms with Crippen LogP contribution in [0, 0.1) is 6.92 Å². The largest absolute Gasteiger partial charge is 0.377 e. The molecule has 0 aliphatic carbocycles. The molecule has 3 heterocycles. The van der Waals surface area contributed by atoms with E-state index in [1.165, 1.54) is 11.3 Å². The first-order valence-corrected chi connectivity index (χ1v) is 8.30. The minimum atomic E-state index is -0.295. The molecule has 2 aromatic rings. The Balaban J connectivity index is 1.94. The summed E-state index contributed by atoms with van der Waals surface area (Å²) in [5.41, 5.74) is 2.99. The van der Waals surface area contributed by atoms with Crippen molar-refractivity contribution in [1.29, 1.82) is 0 Å². The van der Waals surface area contributed by atoms with Crippen LogP contribution in [-0.2, 0) is 4.74 Å². The van der Waals surface area contributed by atoms with E-state index in [0.29, 0.717) is 31.3 Å².